The summed E-state index contributed by atoms with van der Waals surface area (Å²) in [6.45, 7) is 0.286. The number of fused-ring (bicyclic) bond motifs is 1. The van der Waals surface area contributed by atoms with Crippen LogP contribution in [0.15, 0.2) is 28.5 Å². The highest BCUT2D eigenvalue weighted by molar-refractivity contribution is 7.95. The smallest absolute Gasteiger partial charge is 0.200 e. The second-order valence-electron chi connectivity index (χ2n) is 3.26. The Kier molecular flexibility index (Phi) is 2.58. The predicted molar refractivity (Wildman–Crippen MR) is 58.5 cm³/mol. The van der Waals surface area contributed by atoms with Crippen LogP contribution in [0.25, 0.3) is 5.57 Å². The average molecular weight is 245 g/mol. The van der Waals surface area contributed by atoms with Gasteiger partial charge in [-0.25, -0.2) is 8.42 Å². The monoisotopic (exact) mass is 244 g/mol. The molecule has 1 aromatic rings. The summed E-state index contributed by atoms with van der Waals surface area (Å²) in [4.78, 5) is 0.266. The third-order valence-electron chi connectivity index (χ3n) is 2.19. The minimum atomic E-state index is -3.33. The molecule has 0 fully saturated rings. The molecule has 0 N–H and O–H groups in total. The number of sulfone groups is 1. The van der Waals surface area contributed by atoms with Crippen molar-refractivity contribution in [3.05, 3.63) is 34.2 Å². The molecule has 2 rings (SSSR count). The third-order valence-corrected chi connectivity index (χ3v) is 3.97. The lowest BCUT2D eigenvalue weighted by Gasteiger charge is -2.02. The topological polar surface area (TPSA) is 43.4 Å². The van der Waals surface area contributed by atoms with Crippen LogP contribution in [0.1, 0.15) is 5.56 Å². The van der Waals surface area contributed by atoms with E-state index in [2.05, 4.69) is 0 Å². The summed E-state index contributed by atoms with van der Waals surface area (Å²) in [5, 5.41) is 1.65. The molecular formula is C10H9ClO3S. The summed E-state index contributed by atoms with van der Waals surface area (Å²) in [6.07, 6.45) is 0. The van der Waals surface area contributed by atoms with Crippen LogP contribution in [-0.4, -0.2) is 22.1 Å². The van der Waals surface area contributed by atoms with Crippen molar-refractivity contribution in [1.29, 1.82) is 0 Å². The lowest BCUT2D eigenvalue weighted by molar-refractivity contribution is 0.240. The van der Waals surface area contributed by atoms with E-state index in [0.29, 0.717) is 16.2 Å². The van der Waals surface area contributed by atoms with Crippen LogP contribution >= 0.6 is 11.6 Å². The van der Waals surface area contributed by atoms with Gasteiger partial charge in [0.15, 0.2) is 0 Å². The first-order valence-electron chi connectivity index (χ1n) is 4.29. The third kappa shape index (κ3) is 1.80. The molecule has 0 atom stereocenters. The van der Waals surface area contributed by atoms with E-state index in [9.17, 15) is 8.42 Å². The van der Waals surface area contributed by atoms with Gasteiger partial charge in [0.2, 0.25) is 9.84 Å². The van der Waals surface area contributed by atoms with Gasteiger partial charge in [-0.15, -0.1) is 0 Å². The van der Waals surface area contributed by atoms with Crippen LogP contribution in [0.2, 0.25) is 5.02 Å². The van der Waals surface area contributed by atoms with Crippen molar-refractivity contribution < 1.29 is 13.2 Å². The van der Waals surface area contributed by atoms with Gasteiger partial charge in [0, 0.05) is 17.5 Å². The van der Waals surface area contributed by atoms with Gasteiger partial charge in [0.05, 0.1) is 11.5 Å². The van der Waals surface area contributed by atoms with E-state index in [0.717, 1.165) is 0 Å². The summed E-state index contributed by atoms with van der Waals surface area (Å²) >= 11 is 5.76. The molecule has 0 amide bonds. The molecule has 0 unspecified atom stereocenters. The Labute approximate surface area is 93.2 Å². The summed E-state index contributed by atoms with van der Waals surface area (Å²) in [6, 6.07) is 4.84. The maximum Gasteiger partial charge on any atom is 0.200 e. The summed E-state index contributed by atoms with van der Waals surface area (Å²) in [5.74, 6) is 0. The SMILES string of the molecule is COCC1=CS(=O)(=O)c2cc(Cl)ccc21. The molecule has 0 radical (unpaired) electrons. The highest BCUT2D eigenvalue weighted by Crippen LogP contribution is 2.34. The van der Waals surface area contributed by atoms with Crippen LogP contribution < -0.4 is 0 Å². The molecule has 1 aliphatic heterocycles. The fourth-order valence-corrected chi connectivity index (χ4v) is 3.31. The molecule has 1 aromatic carbocycles. The molecule has 0 aromatic heterocycles. The van der Waals surface area contributed by atoms with Crippen LogP contribution in [0.4, 0.5) is 0 Å². The van der Waals surface area contributed by atoms with Gasteiger partial charge in [0.1, 0.15) is 0 Å². The van der Waals surface area contributed by atoms with Gasteiger partial charge in [-0.1, -0.05) is 17.7 Å². The van der Waals surface area contributed by atoms with E-state index in [-0.39, 0.29) is 11.5 Å². The summed E-state index contributed by atoms with van der Waals surface area (Å²) < 4.78 is 28.3. The van der Waals surface area contributed by atoms with Crippen molar-refractivity contribution in [2.75, 3.05) is 13.7 Å². The van der Waals surface area contributed by atoms with Gasteiger partial charge < -0.3 is 4.74 Å². The molecule has 80 valence electrons. The molecule has 0 bridgehead atoms. The Hall–Kier alpha value is -0.840. The zero-order valence-electron chi connectivity index (χ0n) is 8.03. The molecule has 1 heterocycles. The Bertz CT molecular complexity index is 532. The molecule has 0 saturated carbocycles. The van der Waals surface area contributed by atoms with Gasteiger partial charge in [0.25, 0.3) is 0 Å². The Balaban J connectivity index is 2.62. The van der Waals surface area contributed by atoms with Gasteiger partial charge in [-0.2, -0.15) is 0 Å². The summed E-state index contributed by atoms with van der Waals surface area (Å²) in [7, 11) is -1.80. The van der Waals surface area contributed by atoms with Crippen molar-refractivity contribution in [3.63, 3.8) is 0 Å². The molecule has 3 nitrogen and oxygen atoms in total. The van der Waals surface area contributed by atoms with Gasteiger partial charge in [-0.3, -0.25) is 0 Å². The fraction of sp³-hybridized carbons (Fsp3) is 0.200. The standard InChI is InChI=1S/C10H9ClO3S/c1-14-5-7-6-15(12,13)10-4-8(11)2-3-9(7)10/h2-4,6H,5H2,1H3. The van der Waals surface area contributed by atoms with E-state index in [1.54, 1.807) is 12.1 Å². The molecular weight excluding hydrogens is 236 g/mol. The number of hydrogen-bond acceptors (Lipinski definition) is 3. The number of halogens is 1. The van der Waals surface area contributed by atoms with E-state index in [1.807, 2.05) is 0 Å². The van der Waals surface area contributed by atoms with Gasteiger partial charge >= 0.3 is 0 Å². The number of methoxy groups -OCH3 is 1. The first kappa shape index (κ1) is 10.7. The maximum absolute atomic E-state index is 11.7. The average Bonchev–Trinajstić information content (AvgIpc) is 2.39. The minimum Gasteiger partial charge on any atom is -0.380 e. The van der Waals surface area contributed by atoms with E-state index >= 15 is 0 Å². The first-order chi connectivity index (χ1) is 7.04. The summed E-state index contributed by atoms with van der Waals surface area (Å²) in [5.41, 5.74) is 1.35. The second kappa shape index (κ2) is 3.63. The van der Waals surface area contributed by atoms with Crippen molar-refractivity contribution in [2.45, 2.75) is 4.90 Å². The Morgan fingerprint density at radius 3 is 2.80 bits per heavy atom. The zero-order valence-corrected chi connectivity index (χ0v) is 9.60. The quantitative estimate of drug-likeness (QED) is 0.800. The number of ether oxygens (including phenoxy) is 1. The van der Waals surface area contributed by atoms with E-state index in [1.165, 1.54) is 18.6 Å². The van der Waals surface area contributed by atoms with Crippen molar-refractivity contribution in [3.8, 4) is 0 Å². The van der Waals surface area contributed by atoms with E-state index in [4.69, 9.17) is 16.3 Å². The van der Waals surface area contributed by atoms with Crippen LogP contribution in [0.5, 0.6) is 0 Å². The van der Waals surface area contributed by atoms with Crippen LogP contribution in [-0.2, 0) is 14.6 Å². The normalized spacial score (nSPS) is 17.3. The zero-order chi connectivity index (χ0) is 11.1. The first-order valence-corrected chi connectivity index (χ1v) is 6.21. The minimum absolute atomic E-state index is 0.266. The van der Waals surface area contributed by atoms with Crippen molar-refractivity contribution in [1.82, 2.24) is 0 Å². The predicted octanol–water partition coefficient (Wildman–Crippen LogP) is 2.11. The molecule has 0 saturated heterocycles. The molecule has 15 heavy (non-hydrogen) atoms. The lowest BCUT2D eigenvalue weighted by atomic mass is 10.1. The Morgan fingerprint density at radius 1 is 1.40 bits per heavy atom. The van der Waals surface area contributed by atoms with Gasteiger partial charge in [-0.05, 0) is 23.3 Å². The van der Waals surface area contributed by atoms with Crippen LogP contribution in [0, 0.1) is 0 Å². The second-order valence-corrected chi connectivity index (χ2v) is 5.46. The number of benzene rings is 1. The Morgan fingerprint density at radius 2 is 2.13 bits per heavy atom. The highest BCUT2D eigenvalue weighted by atomic mass is 35.5. The molecule has 0 aliphatic carbocycles. The van der Waals surface area contributed by atoms with Crippen LogP contribution in [0.3, 0.4) is 0 Å². The number of hydrogen-bond donors (Lipinski definition) is 0. The molecule has 5 heteroatoms. The highest BCUT2D eigenvalue weighted by Gasteiger charge is 2.26. The largest absolute Gasteiger partial charge is 0.380 e. The molecule has 0 spiro atoms. The lowest BCUT2D eigenvalue weighted by Crippen LogP contribution is -1.93. The fourth-order valence-electron chi connectivity index (χ4n) is 1.58. The molecule has 1 aliphatic rings. The van der Waals surface area contributed by atoms with Crippen molar-refractivity contribution >= 4 is 27.0 Å². The van der Waals surface area contributed by atoms with Crippen molar-refractivity contribution in [2.24, 2.45) is 0 Å². The van der Waals surface area contributed by atoms with E-state index < -0.39 is 9.84 Å². The number of rotatable bonds is 2. The maximum atomic E-state index is 11.7.